The van der Waals surface area contributed by atoms with Gasteiger partial charge >= 0.3 is 0 Å². The van der Waals surface area contributed by atoms with Crippen molar-refractivity contribution in [2.45, 2.75) is 13.8 Å². The Hall–Kier alpha value is -4.11. The van der Waals surface area contributed by atoms with Gasteiger partial charge in [0.05, 0.1) is 0 Å². The van der Waals surface area contributed by atoms with Gasteiger partial charge < -0.3 is 9.32 Å². The van der Waals surface area contributed by atoms with Crippen LogP contribution in [0.4, 0.5) is 17.1 Å². The number of anilines is 3. The Kier molecular flexibility index (Phi) is 5.08. The quantitative estimate of drug-likeness (QED) is 0.272. The third-order valence-corrected chi connectivity index (χ3v) is 5.67. The molecule has 1 heterocycles. The highest BCUT2D eigenvalue weighted by molar-refractivity contribution is 5.89. The Morgan fingerprint density at radius 3 is 1.72 bits per heavy atom. The van der Waals surface area contributed by atoms with Crippen LogP contribution in [0, 0.1) is 13.8 Å². The van der Waals surface area contributed by atoms with Crippen molar-refractivity contribution in [3.8, 4) is 11.3 Å². The summed E-state index contributed by atoms with van der Waals surface area (Å²) in [7, 11) is 0. The van der Waals surface area contributed by atoms with Crippen molar-refractivity contribution in [2.75, 3.05) is 4.90 Å². The van der Waals surface area contributed by atoms with E-state index in [1.807, 2.05) is 18.2 Å². The van der Waals surface area contributed by atoms with Gasteiger partial charge in [-0.05, 0) is 86.6 Å². The summed E-state index contributed by atoms with van der Waals surface area (Å²) in [4.78, 5) is 13.3. The first-order chi connectivity index (χ1) is 15.6. The molecule has 0 aliphatic rings. The first-order valence-corrected chi connectivity index (χ1v) is 10.6. The number of fused-ring (bicyclic) bond motifs is 1. The Bertz CT molecular complexity index is 1330. The molecule has 4 aromatic carbocycles. The molecule has 0 bridgehead atoms. The minimum Gasteiger partial charge on any atom is -0.456 e. The summed E-state index contributed by atoms with van der Waals surface area (Å²) in [6, 6.07) is 32.9. The lowest BCUT2D eigenvalue weighted by Crippen LogP contribution is -2.09. The van der Waals surface area contributed by atoms with Gasteiger partial charge in [-0.1, -0.05) is 35.4 Å². The Morgan fingerprint density at radius 1 is 0.656 bits per heavy atom. The van der Waals surface area contributed by atoms with Crippen molar-refractivity contribution in [3.63, 3.8) is 0 Å². The number of benzene rings is 4. The molecule has 0 radical (unpaired) electrons. The standard InChI is InChI=1S/C29H23NO2/c1-20-3-10-25(11-4-20)30(26-12-5-21(2)6-13-26)27-14-8-23(9-15-27)29-18-24-17-22(19-31)7-16-28(24)32-29/h3-19H,1-2H3. The zero-order valence-corrected chi connectivity index (χ0v) is 18.1. The number of aldehydes is 1. The maximum absolute atomic E-state index is 11.1. The molecule has 0 unspecified atom stereocenters. The second kappa shape index (κ2) is 8.20. The third kappa shape index (κ3) is 3.81. The van der Waals surface area contributed by atoms with Crippen molar-refractivity contribution < 1.29 is 9.21 Å². The number of aryl methyl sites for hydroxylation is 2. The molecule has 0 spiro atoms. The number of nitrogens with zero attached hydrogens (tertiary/aromatic N) is 1. The lowest BCUT2D eigenvalue weighted by atomic mass is 10.1. The molecule has 0 aliphatic heterocycles. The fourth-order valence-electron chi connectivity index (χ4n) is 3.89. The molecule has 0 amide bonds. The van der Waals surface area contributed by atoms with E-state index in [-0.39, 0.29) is 0 Å². The minimum absolute atomic E-state index is 0.645. The summed E-state index contributed by atoms with van der Waals surface area (Å²) in [6.45, 7) is 4.19. The second-order valence-electron chi connectivity index (χ2n) is 8.08. The highest BCUT2D eigenvalue weighted by Gasteiger charge is 2.13. The van der Waals surface area contributed by atoms with E-state index in [1.165, 1.54) is 11.1 Å². The van der Waals surface area contributed by atoms with Crippen LogP contribution in [0.15, 0.2) is 101 Å². The van der Waals surface area contributed by atoms with Gasteiger partial charge in [0.25, 0.3) is 0 Å². The smallest absolute Gasteiger partial charge is 0.150 e. The fraction of sp³-hybridized carbons (Fsp3) is 0.0690. The van der Waals surface area contributed by atoms with E-state index in [9.17, 15) is 4.79 Å². The van der Waals surface area contributed by atoms with E-state index in [0.717, 1.165) is 45.6 Å². The van der Waals surface area contributed by atoms with Crippen molar-refractivity contribution in [3.05, 3.63) is 114 Å². The number of carbonyl (C=O) groups is 1. The van der Waals surface area contributed by atoms with E-state index >= 15 is 0 Å². The van der Waals surface area contributed by atoms with Crippen LogP contribution < -0.4 is 4.90 Å². The average Bonchev–Trinajstić information content (AvgIpc) is 3.25. The summed E-state index contributed by atoms with van der Waals surface area (Å²) < 4.78 is 6.02. The Morgan fingerprint density at radius 2 is 1.19 bits per heavy atom. The van der Waals surface area contributed by atoms with E-state index < -0.39 is 0 Å². The average molecular weight is 418 g/mol. The first kappa shape index (κ1) is 19.8. The Labute approximate surface area is 187 Å². The van der Waals surface area contributed by atoms with Gasteiger partial charge in [0.2, 0.25) is 0 Å². The zero-order valence-electron chi connectivity index (χ0n) is 18.1. The molecule has 0 fully saturated rings. The molecule has 0 N–H and O–H groups in total. The van der Waals surface area contributed by atoms with Crippen LogP contribution in [0.1, 0.15) is 21.5 Å². The van der Waals surface area contributed by atoms with Crippen molar-refractivity contribution in [2.24, 2.45) is 0 Å². The second-order valence-corrected chi connectivity index (χ2v) is 8.08. The summed E-state index contributed by atoms with van der Waals surface area (Å²) in [5, 5.41) is 0.926. The van der Waals surface area contributed by atoms with Gasteiger partial charge in [-0.2, -0.15) is 0 Å². The number of carbonyl (C=O) groups excluding carboxylic acids is 1. The highest BCUT2D eigenvalue weighted by atomic mass is 16.3. The van der Waals surface area contributed by atoms with Crippen LogP contribution in [0.2, 0.25) is 0 Å². The summed E-state index contributed by atoms with van der Waals surface area (Å²) in [5.41, 5.74) is 8.16. The normalized spacial score (nSPS) is 10.9. The molecule has 5 rings (SSSR count). The van der Waals surface area contributed by atoms with Crippen LogP contribution in [0.3, 0.4) is 0 Å². The molecule has 0 aliphatic carbocycles. The maximum Gasteiger partial charge on any atom is 0.150 e. The number of furan rings is 1. The van der Waals surface area contributed by atoms with Crippen molar-refractivity contribution >= 4 is 34.3 Å². The molecular formula is C29H23NO2. The lowest BCUT2D eigenvalue weighted by Gasteiger charge is -2.26. The van der Waals surface area contributed by atoms with Crippen LogP contribution in [0.5, 0.6) is 0 Å². The monoisotopic (exact) mass is 417 g/mol. The van der Waals surface area contributed by atoms with E-state index in [1.54, 1.807) is 6.07 Å². The molecule has 0 atom stereocenters. The summed E-state index contributed by atoms with van der Waals surface area (Å²) in [6.07, 6.45) is 0.853. The third-order valence-electron chi connectivity index (χ3n) is 5.67. The molecule has 3 heteroatoms. The van der Waals surface area contributed by atoms with Gasteiger partial charge in [0.15, 0.2) is 0 Å². The van der Waals surface area contributed by atoms with Crippen molar-refractivity contribution in [1.29, 1.82) is 0 Å². The largest absolute Gasteiger partial charge is 0.456 e. The fourth-order valence-corrected chi connectivity index (χ4v) is 3.89. The topological polar surface area (TPSA) is 33.5 Å². The molecular weight excluding hydrogens is 394 g/mol. The predicted octanol–water partition coefficient (Wildman–Crippen LogP) is 8.00. The molecule has 0 saturated carbocycles. The number of hydrogen-bond donors (Lipinski definition) is 0. The first-order valence-electron chi connectivity index (χ1n) is 10.6. The predicted molar refractivity (Wildman–Crippen MR) is 131 cm³/mol. The molecule has 5 aromatic rings. The summed E-state index contributed by atoms with van der Waals surface area (Å²) >= 11 is 0. The van der Waals surface area contributed by atoms with Gasteiger partial charge in [-0.15, -0.1) is 0 Å². The zero-order chi connectivity index (χ0) is 22.1. The molecule has 3 nitrogen and oxygen atoms in total. The summed E-state index contributed by atoms with van der Waals surface area (Å²) in [5.74, 6) is 0.784. The molecule has 1 aromatic heterocycles. The van der Waals surface area contributed by atoms with Gasteiger partial charge in [-0.3, -0.25) is 4.79 Å². The Balaban J connectivity index is 1.53. The van der Waals surface area contributed by atoms with Crippen LogP contribution in [0.25, 0.3) is 22.3 Å². The number of hydrogen-bond acceptors (Lipinski definition) is 3. The van der Waals surface area contributed by atoms with Crippen molar-refractivity contribution in [1.82, 2.24) is 0 Å². The van der Waals surface area contributed by atoms with Crippen LogP contribution in [-0.4, -0.2) is 6.29 Å². The van der Waals surface area contributed by atoms with Gasteiger partial charge in [0, 0.05) is 33.6 Å². The SMILES string of the molecule is Cc1ccc(N(c2ccc(C)cc2)c2ccc(-c3cc4cc(C=O)ccc4o3)cc2)cc1. The molecule has 156 valence electrons. The molecule has 32 heavy (non-hydrogen) atoms. The molecule has 0 saturated heterocycles. The van der Waals surface area contributed by atoms with E-state index in [0.29, 0.717) is 5.56 Å². The lowest BCUT2D eigenvalue weighted by molar-refractivity contribution is 0.112. The van der Waals surface area contributed by atoms with Crippen LogP contribution >= 0.6 is 0 Å². The van der Waals surface area contributed by atoms with Gasteiger partial charge in [0.1, 0.15) is 17.6 Å². The van der Waals surface area contributed by atoms with Gasteiger partial charge in [-0.25, -0.2) is 0 Å². The van der Waals surface area contributed by atoms with E-state index in [4.69, 9.17) is 4.42 Å². The van der Waals surface area contributed by atoms with E-state index in [2.05, 4.69) is 91.5 Å². The number of rotatable bonds is 5. The maximum atomic E-state index is 11.1. The van der Waals surface area contributed by atoms with Crippen LogP contribution in [-0.2, 0) is 0 Å². The minimum atomic E-state index is 0.645. The highest BCUT2D eigenvalue weighted by Crippen LogP contribution is 2.36.